The fourth-order valence-electron chi connectivity index (χ4n) is 3.55. The Morgan fingerprint density at radius 3 is 2.61 bits per heavy atom. The maximum Gasteiger partial charge on any atom is 0.270 e. The molecular formula is C18H19N3O2. The molecule has 0 bridgehead atoms. The number of piperidine rings is 1. The molecule has 1 N–H and O–H groups in total. The number of benzene rings is 1. The maximum atomic E-state index is 12.8. The lowest BCUT2D eigenvalue weighted by atomic mass is 10.1. The first kappa shape index (κ1) is 14.1. The molecule has 1 saturated heterocycles. The summed E-state index contributed by atoms with van der Waals surface area (Å²) in [6.45, 7) is 1.61. The molecule has 0 radical (unpaired) electrons. The van der Waals surface area contributed by atoms with Gasteiger partial charge in [0.1, 0.15) is 5.69 Å². The molecule has 2 aromatic heterocycles. The Kier molecular flexibility index (Phi) is 3.22. The highest BCUT2D eigenvalue weighted by Gasteiger charge is 2.23. The van der Waals surface area contributed by atoms with Gasteiger partial charge in [0.2, 0.25) is 0 Å². The van der Waals surface area contributed by atoms with Gasteiger partial charge in [-0.2, -0.15) is 0 Å². The second-order valence-electron chi connectivity index (χ2n) is 6.20. The average Bonchev–Trinajstić information content (AvgIpc) is 2.94. The van der Waals surface area contributed by atoms with Crippen LogP contribution in [0.15, 0.2) is 35.1 Å². The highest BCUT2D eigenvalue weighted by Crippen LogP contribution is 2.25. The molecular weight excluding hydrogens is 290 g/mol. The quantitative estimate of drug-likeness (QED) is 0.751. The smallest absolute Gasteiger partial charge is 0.270 e. The highest BCUT2D eigenvalue weighted by molar-refractivity contribution is 6.07. The predicted octanol–water partition coefficient (Wildman–Crippen LogP) is 2.65. The largest absolute Gasteiger partial charge is 0.339 e. The van der Waals surface area contributed by atoms with Gasteiger partial charge in [-0.3, -0.25) is 9.59 Å². The van der Waals surface area contributed by atoms with Crippen molar-refractivity contribution in [2.75, 3.05) is 13.1 Å². The minimum Gasteiger partial charge on any atom is -0.339 e. The van der Waals surface area contributed by atoms with Gasteiger partial charge < -0.3 is 14.5 Å². The molecule has 118 valence electrons. The van der Waals surface area contributed by atoms with Crippen LogP contribution in [0.4, 0.5) is 0 Å². The minimum atomic E-state index is -0.146. The number of rotatable bonds is 1. The Labute approximate surface area is 133 Å². The molecule has 1 aromatic carbocycles. The van der Waals surface area contributed by atoms with Gasteiger partial charge in [-0.1, -0.05) is 18.2 Å². The molecule has 5 heteroatoms. The van der Waals surface area contributed by atoms with Gasteiger partial charge in [0.05, 0.1) is 16.4 Å². The summed E-state index contributed by atoms with van der Waals surface area (Å²) in [6, 6.07) is 9.43. The number of likely N-dealkylation sites (tertiary alicyclic amines) is 1. The lowest BCUT2D eigenvalue weighted by Crippen LogP contribution is -2.36. The second-order valence-corrected chi connectivity index (χ2v) is 6.20. The van der Waals surface area contributed by atoms with Crippen LogP contribution in [0, 0.1) is 0 Å². The molecule has 1 fully saturated rings. The van der Waals surface area contributed by atoms with Gasteiger partial charge in [-0.15, -0.1) is 0 Å². The number of aromatic amines is 1. The average molecular weight is 309 g/mol. The van der Waals surface area contributed by atoms with Gasteiger partial charge in [0, 0.05) is 25.5 Å². The summed E-state index contributed by atoms with van der Waals surface area (Å²) in [5.74, 6) is 0.0203. The number of aryl methyl sites for hydroxylation is 1. The topological polar surface area (TPSA) is 58.1 Å². The van der Waals surface area contributed by atoms with Gasteiger partial charge in [-0.05, 0) is 31.4 Å². The molecule has 5 nitrogen and oxygen atoms in total. The first-order valence-electron chi connectivity index (χ1n) is 8.06. The number of aromatic nitrogens is 2. The number of carbonyl (C=O) groups excluding carboxylic acids is 1. The Balaban J connectivity index is 1.93. The normalized spacial score (nSPS) is 15.4. The van der Waals surface area contributed by atoms with E-state index in [4.69, 9.17) is 0 Å². The van der Waals surface area contributed by atoms with Crippen molar-refractivity contribution in [3.63, 3.8) is 0 Å². The van der Waals surface area contributed by atoms with Crippen LogP contribution >= 0.6 is 0 Å². The van der Waals surface area contributed by atoms with E-state index in [0.29, 0.717) is 11.1 Å². The van der Waals surface area contributed by atoms with Crippen LogP contribution < -0.4 is 5.56 Å². The molecule has 1 aliphatic rings. The molecule has 1 amide bonds. The van der Waals surface area contributed by atoms with Crippen LogP contribution in [0.2, 0.25) is 0 Å². The molecule has 0 aliphatic carbocycles. The van der Waals surface area contributed by atoms with Gasteiger partial charge >= 0.3 is 0 Å². The minimum absolute atomic E-state index is 0.0203. The number of para-hydroxylation sites is 1. The first-order valence-corrected chi connectivity index (χ1v) is 8.06. The van der Waals surface area contributed by atoms with Gasteiger partial charge in [-0.25, -0.2) is 0 Å². The molecule has 3 aromatic rings. The maximum absolute atomic E-state index is 12.8. The number of hydrogen-bond donors (Lipinski definition) is 1. The molecule has 0 saturated carbocycles. The third kappa shape index (κ3) is 2.15. The van der Waals surface area contributed by atoms with E-state index in [2.05, 4.69) is 4.98 Å². The Morgan fingerprint density at radius 2 is 1.83 bits per heavy atom. The van der Waals surface area contributed by atoms with Crippen molar-refractivity contribution < 1.29 is 4.79 Å². The standard InChI is InChI=1S/C18H19N3O2/c1-20-15(18(23)21-9-5-2-6-10-21)11-13-16(20)12-7-3-4-8-14(12)19-17(13)22/h3-4,7-8,11H,2,5-6,9-10H2,1H3,(H,19,22). The molecule has 4 rings (SSSR count). The van der Waals surface area contributed by atoms with E-state index in [1.165, 1.54) is 6.42 Å². The zero-order chi connectivity index (χ0) is 16.0. The number of fused-ring (bicyclic) bond motifs is 3. The number of nitrogens with zero attached hydrogens (tertiary/aromatic N) is 2. The molecule has 1 aliphatic heterocycles. The molecule has 3 heterocycles. The van der Waals surface area contributed by atoms with Crippen LogP contribution in [0.3, 0.4) is 0 Å². The van der Waals surface area contributed by atoms with Crippen LogP contribution in [-0.4, -0.2) is 33.4 Å². The first-order chi connectivity index (χ1) is 11.2. The van der Waals surface area contributed by atoms with E-state index < -0.39 is 0 Å². The molecule has 23 heavy (non-hydrogen) atoms. The van der Waals surface area contributed by atoms with Crippen molar-refractivity contribution in [1.82, 2.24) is 14.5 Å². The SMILES string of the molecule is Cn1c(C(=O)N2CCCCC2)cc2c(=O)[nH]c3ccccc3c21. The van der Waals surface area contributed by atoms with Crippen LogP contribution in [0.5, 0.6) is 0 Å². The Hall–Kier alpha value is -2.56. The van der Waals surface area contributed by atoms with E-state index in [1.807, 2.05) is 40.8 Å². The zero-order valence-electron chi connectivity index (χ0n) is 13.1. The predicted molar refractivity (Wildman–Crippen MR) is 90.8 cm³/mol. The summed E-state index contributed by atoms with van der Waals surface area (Å²) in [5, 5.41) is 1.54. The van der Waals surface area contributed by atoms with Crippen molar-refractivity contribution in [3.8, 4) is 0 Å². The van der Waals surface area contributed by atoms with E-state index in [-0.39, 0.29) is 11.5 Å². The highest BCUT2D eigenvalue weighted by atomic mass is 16.2. The summed E-state index contributed by atoms with van der Waals surface area (Å²) >= 11 is 0. The van der Waals surface area contributed by atoms with E-state index >= 15 is 0 Å². The Bertz CT molecular complexity index is 961. The lowest BCUT2D eigenvalue weighted by Gasteiger charge is -2.26. The fourth-order valence-corrected chi connectivity index (χ4v) is 3.55. The van der Waals surface area contributed by atoms with E-state index in [0.717, 1.165) is 42.4 Å². The monoisotopic (exact) mass is 309 g/mol. The van der Waals surface area contributed by atoms with Crippen molar-refractivity contribution in [2.24, 2.45) is 7.05 Å². The number of nitrogens with one attached hydrogen (secondary N) is 1. The van der Waals surface area contributed by atoms with Crippen molar-refractivity contribution in [1.29, 1.82) is 0 Å². The van der Waals surface area contributed by atoms with Crippen LogP contribution in [0.25, 0.3) is 21.8 Å². The third-order valence-corrected chi connectivity index (χ3v) is 4.77. The van der Waals surface area contributed by atoms with E-state index in [9.17, 15) is 9.59 Å². The zero-order valence-corrected chi connectivity index (χ0v) is 13.1. The summed E-state index contributed by atoms with van der Waals surface area (Å²) in [6.07, 6.45) is 3.29. The number of pyridine rings is 1. The summed E-state index contributed by atoms with van der Waals surface area (Å²) < 4.78 is 1.86. The number of amides is 1. The summed E-state index contributed by atoms with van der Waals surface area (Å²) in [7, 11) is 1.87. The molecule has 0 spiro atoms. The van der Waals surface area contributed by atoms with E-state index in [1.54, 1.807) is 6.07 Å². The Morgan fingerprint density at radius 1 is 1.09 bits per heavy atom. The third-order valence-electron chi connectivity index (χ3n) is 4.77. The van der Waals surface area contributed by atoms with Crippen molar-refractivity contribution in [3.05, 3.63) is 46.4 Å². The van der Waals surface area contributed by atoms with Crippen LogP contribution in [0.1, 0.15) is 29.8 Å². The number of carbonyl (C=O) groups is 1. The van der Waals surface area contributed by atoms with Crippen molar-refractivity contribution >= 4 is 27.7 Å². The van der Waals surface area contributed by atoms with Crippen LogP contribution in [-0.2, 0) is 7.05 Å². The summed E-state index contributed by atoms with van der Waals surface area (Å²) in [4.78, 5) is 30.0. The van der Waals surface area contributed by atoms with Gasteiger partial charge in [0.25, 0.3) is 11.5 Å². The second kappa shape index (κ2) is 5.26. The van der Waals surface area contributed by atoms with Gasteiger partial charge in [0.15, 0.2) is 0 Å². The molecule has 0 unspecified atom stereocenters. The summed E-state index contributed by atoms with van der Waals surface area (Å²) in [5.41, 5.74) is 2.06. The fraction of sp³-hybridized carbons (Fsp3) is 0.333. The number of hydrogen-bond acceptors (Lipinski definition) is 2. The van der Waals surface area contributed by atoms with Crippen molar-refractivity contribution in [2.45, 2.75) is 19.3 Å². The lowest BCUT2D eigenvalue weighted by molar-refractivity contribution is 0.0715. The number of H-pyrrole nitrogens is 1. The molecule has 0 atom stereocenters.